The number of nitrogens with one attached hydrogen (secondary N) is 1. The molecule has 11 heteroatoms. The number of ether oxygens (including phenoxy) is 1. The number of rotatable bonds is 7. The molecule has 0 amide bonds. The van der Waals surface area contributed by atoms with Crippen LogP contribution in [-0.2, 0) is 13.6 Å². The van der Waals surface area contributed by atoms with Crippen LogP contribution in [0.2, 0.25) is 36.3 Å². The highest BCUT2D eigenvalue weighted by atomic mass is 35.5. The fourth-order valence-electron chi connectivity index (χ4n) is 3.12. The van der Waals surface area contributed by atoms with Crippen molar-refractivity contribution < 1.29 is 18.7 Å². The predicted molar refractivity (Wildman–Crippen MR) is 136 cm³/mol. The van der Waals surface area contributed by atoms with Crippen molar-refractivity contribution >= 4 is 28.2 Å². The van der Waals surface area contributed by atoms with E-state index in [1.54, 1.807) is 0 Å². The van der Waals surface area contributed by atoms with Crippen LogP contribution in [0.15, 0.2) is 21.9 Å². The highest BCUT2D eigenvalue weighted by Gasteiger charge is 2.59. The lowest BCUT2D eigenvalue weighted by molar-refractivity contribution is -0.145. The number of aliphatic hydroxyl groups is 1. The van der Waals surface area contributed by atoms with E-state index in [1.165, 1.54) is 16.8 Å². The first-order valence-electron chi connectivity index (χ1n) is 11.3. The smallest absolute Gasteiger partial charge is 0.330 e. The summed E-state index contributed by atoms with van der Waals surface area (Å²) in [5.74, 6) is 0. The van der Waals surface area contributed by atoms with E-state index in [-0.39, 0.29) is 16.7 Å². The zero-order chi connectivity index (χ0) is 25.6. The number of halogens is 1. The number of aliphatic hydroxyl groups excluding tert-OH is 1. The van der Waals surface area contributed by atoms with Gasteiger partial charge < -0.3 is 18.7 Å². The summed E-state index contributed by atoms with van der Waals surface area (Å²) in [7, 11) is -4.54. The Kier molecular flexibility index (Phi) is 8.08. The average Bonchev–Trinajstić information content (AvgIpc) is 2.91. The molecule has 1 unspecified atom stereocenters. The zero-order valence-electron chi connectivity index (χ0n) is 21.6. The number of hydrogen-bond donors (Lipinski definition) is 2. The third kappa shape index (κ3) is 5.74. The molecule has 190 valence electrons. The zero-order valence-corrected chi connectivity index (χ0v) is 24.4. The number of alkyl halides is 1. The molecule has 1 aliphatic heterocycles. The Balaban J connectivity index is 2.54. The number of hydrogen-bond acceptors (Lipinski definition) is 6. The van der Waals surface area contributed by atoms with Crippen LogP contribution in [0.25, 0.3) is 0 Å². The fraction of sp³-hybridized carbons (Fsp3) is 0.818. The topological polar surface area (TPSA) is 103 Å². The van der Waals surface area contributed by atoms with Crippen molar-refractivity contribution in [3.63, 3.8) is 0 Å². The maximum atomic E-state index is 12.5. The summed E-state index contributed by atoms with van der Waals surface area (Å²) < 4.78 is 20.8. The van der Waals surface area contributed by atoms with Crippen molar-refractivity contribution in [3.8, 4) is 0 Å². The molecule has 0 bridgehead atoms. The molecule has 1 fully saturated rings. The van der Waals surface area contributed by atoms with E-state index in [2.05, 4.69) is 72.7 Å². The quantitative estimate of drug-likeness (QED) is 0.418. The summed E-state index contributed by atoms with van der Waals surface area (Å²) in [5.41, 5.74) is -2.41. The number of aromatic amines is 1. The van der Waals surface area contributed by atoms with Gasteiger partial charge in [-0.15, -0.1) is 11.6 Å². The molecule has 1 saturated heterocycles. The molecule has 33 heavy (non-hydrogen) atoms. The lowest BCUT2D eigenvalue weighted by Crippen LogP contribution is -2.58. The largest absolute Gasteiger partial charge is 0.414 e. The average molecular weight is 521 g/mol. The van der Waals surface area contributed by atoms with Gasteiger partial charge in [0.05, 0.1) is 19.3 Å². The minimum absolute atomic E-state index is 0.0480. The van der Waals surface area contributed by atoms with Gasteiger partial charge in [-0.05, 0) is 36.3 Å². The van der Waals surface area contributed by atoms with Gasteiger partial charge in [-0.25, -0.2) is 4.79 Å². The van der Waals surface area contributed by atoms with E-state index in [1.807, 2.05) is 0 Å². The fourth-order valence-corrected chi connectivity index (χ4v) is 6.05. The molecule has 1 aromatic heterocycles. The molecule has 1 aromatic rings. The van der Waals surface area contributed by atoms with Gasteiger partial charge >= 0.3 is 5.69 Å². The molecular weight excluding hydrogens is 480 g/mol. The SMILES string of the molecule is CC(C)(C)[Si](C)(C)OC[C@@]1(CO)O[C@@H](n2ccc(=O)[nH]c2=O)[C@H](Cl)C1O[Si](C)(C)C(C)(C)C. The molecule has 2 N–H and O–H groups in total. The van der Waals surface area contributed by atoms with E-state index in [0.29, 0.717) is 0 Å². The molecule has 4 atom stereocenters. The second kappa shape index (κ2) is 9.36. The highest BCUT2D eigenvalue weighted by molar-refractivity contribution is 6.74. The van der Waals surface area contributed by atoms with E-state index in [4.69, 9.17) is 25.2 Å². The maximum absolute atomic E-state index is 12.5. The summed E-state index contributed by atoms with van der Waals surface area (Å²) in [6.45, 7) is 20.9. The summed E-state index contributed by atoms with van der Waals surface area (Å²) >= 11 is 6.91. The maximum Gasteiger partial charge on any atom is 0.330 e. The van der Waals surface area contributed by atoms with Crippen molar-refractivity contribution in [1.29, 1.82) is 0 Å². The van der Waals surface area contributed by atoms with Gasteiger partial charge in [0, 0.05) is 12.3 Å². The molecule has 2 rings (SSSR count). The second-order valence-electron chi connectivity index (χ2n) is 12.0. The van der Waals surface area contributed by atoms with E-state index < -0.39 is 57.8 Å². The van der Waals surface area contributed by atoms with Crippen LogP contribution >= 0.6 is 11.6 Å². The second-order valence-corrected chi connectivity index (χ2v) is 22.1. The lowest BCUT2D eigenvalue weighted by Gasteiger charge is -2.44. The van der Waals surface area contributed by atoms with Gasteiger partial charge in [0.25, 0.3) is 5.56 Å². The first kappa shape index (κ1) is 28.5. The molecule has 8 nitrogen and oxygen atoms in total. The van der Waals surface area contributed by atoms with E-state index in [9.17, 15) is 14.7 Å². The van der Waals surface area contributed by atoms with Crippen LogP contribution in [0.5, 0.6) is 0 Å². The molecule has 0 aromatic carbocycles. The minimum atomic E-state index is -2.35. The first-order chi connectivity index (χ1) is 14.8. The van der Waals surface area contributed by atoms with E-state index >= 15 is 0 Å². The molecule has 0 spiro atoms. The van der Waals surface area contributed by atoms with Gasteiger partial charge in [0.1, 0.15) is 11.0 Å². The van der Waals surface area contributed by atoms with Crippen molar-refractivity contribution in [2.45, 2.75) is 101 Å². The Morgan fingerprint density at radius 2 is 1.67 bits per heavy atom. The van der Waals surface area contributed by atoms with Crippen LogP contribution < -0.4 is 11.2 Å². The van der Waals surface area contributed by atoms with Crippen molar-refractivity contribution in [2.24, 2.45) is 0 Å². The van der Waals surface area contributed by atoms with Crippen LogP contribution in [0.1, 0.15) is 47.8 Å². The summed E-state index contributed by atoms with van der Waals surface area (Å²) in [6, 6.07) is 1.24. The lowest BCUT2D eigenvalue weighted by atomic mass is 9.98. The molecule has 0 aliphatic carbocycles. The number of aromatic nitrogens is 2. The van der Waals surface area contributed by atoms with Crippen molar-refractivity contribution in [2.75, 3.05) is 13.2 Å². The Morgan fingerprint density at radius 3 is 2.12 bits per heavy atom. The Bertz CT molecular complexity index is 950. The highest BCUT2D eigenvalue weighted by Crippen LogP contribution is 2.47. The van der Waals surface area contributed by atoms with Crippen LogP contribution in [-0.4, -0.2) is 61.6 Å². The molecule has 1 aliphatic rings. The van der Waals surface area contributed by atoms with Gasteiger partial charge in [-0.1, -0.05) is 41.5 Å². The Labute approximate surface area is 203 Å². The van der Waals surface area contributed by atoms with Gasteiger partial charge in [-0.2, -0.15) is 0 Å². The third-order valence-corrected chi connectivity index (χ3v) is 16.9. The van der Waals surface area contributed by atoms with Gasteiger partial charge in [0.2, 0.25) is 0 Å². The van der Waals surface area contributed by atoms with Crippen LogP contribution in [0.3, 0.4) is 0 Å². The summed E-state index contributed by atoms with van der Waals surface area (Å²) in [6.07, 6.45) is -0.313. The predicted octanol–water partition coefficient (Wildman–Crippen LogP) is 3.82. The third-order valence-electron chi connectivity index (χ3n) is 7.54. The number of nitrogens with zero attached hydrogens (tertiary/aromatic N) is 1. The molecule has 0 saturated carbocycles. The number of H-pyrrole nitrogens is 1. The van der Waals surface area contributed by atoms with Gasteiger partial charge in [0.15, 0.2) is 22.9 Å². The molecule has 0 radical (unpaired) electrons. The molecule has 2 heterocycles. The first-order valence-corrected chi connectivity index (χ1v) is 17.6. The van der Waals surface area contributed by atoms with E-state index in [0.717, 1.165) is 0 Å². The monoisotopic (exact) mass is 520 g/mol. The Morgan fingerprint density at radius 1 is 1.12 bits per heavy atom. The van der Waals surface area contributed by atoms with Crippen LogP contribution in [0.4, 0.5) is 0 Å². The van der Waals surface area contributed by atoms with Crippen molar-refractivity contribution in [3.05, 3.63) is 33.1 Å². The van der Waals surface area contributed by atoms with Gasteiger partial charge in [-0.3, -0.25) is 14.3 Å². The summed E-state index contributed by atoms with van der Waals surface area (Å²) in [4.78, 5) is 26.3. The molecular formula is C22H41ClN2O6Si2. The Hall–Kier alpha value is -0.756. The minimum Gasteiger partial charge on any atom is -0.414 e. The van der Waals surface area contributed by atoms with Crippen molar-refractivity contribution in [1.82, 2.24) is 9.55 Å². The standard InChI is InChI=1S/C22H41ClN2O6Si2/c1-20(2,3)32(7,8)29-14-22(13-26)17(31-33(9,10)21(4,5)6)16(23)18(30-22)25-12-11-15(27)24-19(25)28/h11-12,16-18,26H,13-14H2,1-10H3,(H,24,27,28)/t16-,17?,18-,22-/m1/s1. The summed E-state index contributed by atoms with van der Waals surface area (Å²) in [5, 5.41) is 9.67. The van der Waals surface area contributed by atoms with Crippen LogP contribution in [0, 0.1) is 0 Å². The normalized spacial score (nSPS) is 27.2.